The van der Waals surface area contributed by atoms with Crippen LogP contribution in [-0.2, 0) is 0 Å². The minimum Gasteiger partial charge on any atom is -0.396 e. The van der Waals surface area contributed by atoms with Crippen LogP contribution in [0.3, 0.4) is 0 Å². The summed E-state index contributed by atoms with van der Waals surface area (Å²) >= 11 is 6.21. The normalized spacial score (nSPS) is 25.3. The fraction of sp³-hybridized carbons (Fsp3) is 0.611. The van der Waals surface area contributed by atoms with Gasteiger partial charge in [-0.05, 0) is 50.9 Å². The van der Waals surface area contributed by atoms with Gasteiger partial charge in [0.15, 0.2) is 0 Å². The number of aliphatic hydroxyl groups excluding tert-OH is 1. The van der Waals surface area contributed by atoms with E-state index in [1.54, 1.807) is 6.07 Å². The van der Waals surface area contributed by atoms with Gasteiger partial charge < -0.3 is 14.9 Å². The number of carbonyl (C=O) groups excluding carboxylic acids is 1. The summed E-state index contributed by atoms with van der Waals surface area (Å²) in [4.78, 5) is 17.1. The fourth-order valence-electron chi connectivity index (χ4n) is 3.79. The number of hydrogen-bond donors (Lipinski definition) is 1. The van der Waals surface area contributed by atoms with Crippen LogP contribution in [0, 0.1) is 18.8 Å². The van der Waals surface area contributed by atoms with Gasteiger partial charge in [-0.15, -0.1) is 0 Å². The molecule has 0 aromatic heterocycles. The topological polar surface area (TPSA) is 43.8 Å². The van der Waals surface area contributed by atoms with E-state index in [0.29, 0.717) is 29.6 Å². The summed E-state index contributed by atoms with van der Waals surface area (Å²) in [6.45, 7) is 6.71. The van der Waals surface area contributed by atoms with Gasteiger partial charge in [0, 0.05) is 32.2 Å². The number of aryl methyl sites for hydroxylation is 1. The lowest BCUT2D eigenvalue weighted by Gasteiger charge is -2.23. The van der Waals surface area contributed by atoms with Crippen LogP contribution >= 0.6 is 11.6 Å². The Labute approximate surface area is 143 Å². The van der Waals surface area contributed by atoms with Gasteiger partial charge in [-0.2, -0.15) is 0 Å². The molecule has 23 heavy (non-hydrogen) atoms. The maximum absolute atomic E-state index is 12.8. The third-order valence-electron chi connectivity index (χ3n) is 5.14. The Morgan fingerprint density at radius 3 is 2.65 bits per heavy atom. The summed E-state index contributed by atoms with van der Waals surface area (Å²) in [6, 6.07) is 5.55. The molecule has 1 aromatic carbocycles. The van der Waals surface area contributed by atoms with Crippen LogP contribution in [0.5, 0.6) is 0 Å². The first kappa shape index (κ1) is 16.7. The molecule has 2 aliphatic heterocycles. The Morgan fingerprint density at radius 2 is 1.96 bits per heavy atom. The van der Waals surface area contributed by atoms with Crippen molar-refractivity contribution >= 4 is 17.5 Å². The van der Waals surface area contributed by atoms with Gasteiger partial charge in [0.25, 0.3) is 5.91 Å². The highest BCUT2D eigenvalue weighted by Gasteiger charge is 2.36. The first-order chi connectivity index (χ1) is 11.1. The Balaban J connectivity index is 1.70. The summed E-state index contributed by atoms with van der Waals surface area (Å²) < 4.78 is 0. The van der Waals surface area contributed by atoms with Gasteiger partial charge in [0.1, 0.15) is 0 Å². The SMILES string of the molecule is Cc1ccc(Cl)c(C(=O)N2C[C@@H](CN3CCCC3)[C@@H](CO)C2)c1. The number of carbonyl (C=O) groups is 1. The molecule has 1 aromatic rings. The molecule has 126 valence electrons. The van der Waals surface area contributed by atoms with Crippen LogP contribution in [0.4, 0.5) is 0 Å². The molecule has 4 nitrogen and oxygen atoms in total. The van der Waals surface area contributed by atoms with Crippen molar-refractivity contribution in [2.24, 2.45) is 11.8 Å². The van der Waals surface area contributed by atoms with Crippen molar-refractivity contribution in [1.29, 1.82) is 0 Å². The van der Waals surface area contributed by atoms with Crippen LogP contribution in [0.1, 0.15) is 28.8 Å². The molecular formula is C18H25ClN2O2. The second kappa shape index (κ2) is 7.20. The molecule has 0 unspecified atom stereocenters. The van der Waals surface area contributed by atoms with E-state index >= 15 is 0 Å². The molecule has 2 atom stereocenters. The Morgan fingerprint density at radius 1 is 1.26 bits per heavy atom. The Kier molecular flexibility index (Phi) is 5.24. The van der Waals surface area contributed by atoms with Crippen LogP contribution in [-0.4, -0.2) is 60.1 Å². The first-order valence-electron chi connectivity index (χ1n) is 8.47. The van der Waals surface area contributed by atoms with Crippen molar-refractivity contribution < 1.29 is 9.90 Å². The average Bonchev–Trinajstić information content (AvgIpc) is 3.19. The summed E-state index contributed by atoms with van der Waals surface area (Å²) in [5, 5.41) is 10.2. The van der Waals surface area contributed by atoms with Crippen molar-refractivity contribution in [2.75, 3.05) is 39.3 Å². The largest absolute Gasteiger partial charge is 0.396 e. The second-order valence-electron chi connectivity index (χ2n) is 6.90. The third-order valence-corrected chi connectivity index (χ3v) is 5.47. The monoisotopic (exact) mass is 336 g/mol. The van der Waals surface area contributed by atoms with Gasteiger partial charge in [-0.3, -0.25) is 4.79 Å². The zero-order chi connectivity index (χ0) is 16.4. The molecule has 5 heteroatoms. The second-order valence-corrected chi connectivity index (χ2v) is 7.31. The zero-order valence-corrected chi connectivity index (χ0v) is 14.4. The van der Waals surface area contributed by atoms with E-state index in [9.17, 15) is 9.90 Å². The molecule has 2 saturated heterocycles. The van der Waals surface area contributed by atoms with Gasteiger partial charge >= 0.3 is 0 Å². The number of likely N-dealkylation sites (tertiary alicyclic amines) is 2. The highest BCUT2D eigenvalue weighted by atomic mass is 35.5. The molecule has 0 spiro atoms. The summed E-state index contributed by atoms with van der Waals surface area (Å²) in [7, 11) is 0. The van der Waals surface area contributed by atoms with Crippen molar-refractivity contribution in [1.82, 2.24) is 9.80 Å². The highest BCUT2D eigenvalue weighted by molar-refractivity contribution is 6.33. The number of nitrogens with zero attached hydrogens (tertiary/aromatic N) is 2. The van der Waals surface area contributed by atoms with Crippen molar-refractivity contribution in [3.63, 3.8) is 0 Å². The van der Waals surface area contributed by atoms with E-state index in [2.05, 4.69) is 4.90 Å². The Bertz CT molecular complexity index is 572. The maximum atomic E-state index is 12.8. The number of halogens is 1. The van der Waals surface area contributed by atoms with Crippen LogP contribution in [0.15, 0.2) is 18.2 Å². The minimum atomic E-state index is -0.0129. The van der Waals surface area contributed by atoms with Gasteiger partial charge in [0.05, 0.1) is 10.6 Å². The summed E-state index contributed by atoms with van der Waals surface area (Å²) in [5.74, 6) is 0.509. The average molecular weight is 337 g/mol. The molecule has 2 aliphatic rings. The van der Waals surface area contributed by atoms with E-state index in [-0.39, 0.29) is 18.4 Å². The Hall–Kier alpha value is -1.10. The van der Waals surface area contributed by atoms with Gasteiger partial charge in [-0.25, -0.2) is 0 Å². The maximum Gasteiger partial charge on any atom is 0.255 e. The molecule has 0 radical (unpaired) electrons. The van der Waals surface area contributed by atoms with E-state index in [1.165, 1.54) is 12.8 Å². The number of hydrogen-bond acceptors (Lipinski definition) is 3. The standard InChI is InChI=1S/C18H25ClN2O2/c1-13-4-5-17(19)16(8-13)18(23)21-10-14(15(11-21)12-22)9-20-6-2-3-7-20/h4-5,8,14-15,22H,2-3,6-7,9-12H2,1H3/t14-,15-/m1/s1. The zero-order valence-electron chi connectivity index (χ0n) is 13.7. The van der Waals surface area contributed by atoms with Crippen molar-refractivity contribution in [3.05, 3.63) is 34.3 Å². The molecule has 0 aliphatic carbocycles. The molecule has 1 N–H and O–H groups in total. The number of amides is 1. The quantitative estimate of drug-likeness (QED) is 0.918. The van der Waals surface area contributed by atoms with Crippen LogP contribution in [0.25, 0.3) is 0 Å². The van der Waals surface area contributed by atoms with Gasteiger partial charge in [-0.1, -0.05) is 23.2 Å². The van der Waals surface area contributed by atoms with Gasteiger partial charge in [0.2, 0.25) is 0 Å². The summed E-state index contributed by atoms with van der Waals surface area (Å²) in [6.07, 6.45) is 2.52. The van der Waals surface area contributed by atoms with Crippen LogP contribution in [0.2, 0.25) is 5.02 Å². The molecule has 3 rings (SSSR count). The molecule has 0 bridgehead atoms. The summed E-state index contributed by atoms with van der Waals surface area (Å²) in [5.41, 5.74) is 1.61. The van der Waals surface area contributed by atoms with Crippen molar-refractivity contribution in [2.45, 2.75) is 19.8 Å². The smallest absolute Gasteiger partial charge is 0.255 e. The fourth-order valence-corrected chi connectivity index (χ4v) is 3.99. The van der Waals surface area contributed by atoms with Crippen LogP contribution < -0.4 is 0 Å². The number of rotatable bonds is 4. The number of aliphatic hydroxyl groups is 1. The first-order valence-corrected chi connectivity index (χ1v) is 8.85. The number of benzene rings is 1. The molecular weight excluding hydrogens is 312 g/mol. The van der Waals surface area contributed by atoms with E-state index in [0.717, 1.165) is 25.2 Å². The third kappa shape index (κ3) is 3.70. The van der Waals surface area contributed by atoms with E-state index < -0.39 is 0 Å². The lowest BCUT2D eigenvalue weighted by Crippen LogP contribution is -2.32. The van der Waals surface area contributed by atoms with E-state index in [1.807, 2.05) is 24.0 Å². The lowest BCUT2D eigenvalue weighted by atomic mass is 9.96. The predicted octanol–water partition coefficient (Wildman–Crippen LogP) is 2.42. The predicted molar refractivity (Wildman–Crippen MR) is 91.8 cm³/mol. The highest BCUT2D eigenvalue weighted by Crippen LogP contribution is 2.28. The minimum absolute atomic E-state index is 0.0129. The van der Waals surface area contributed by atoms with E-state index in [4.69, 9.17) is 11.6 Å². The van der Waals surface area contributed by atoms with Crippen molar-refractivity contribution in [3.8, 4) is 0 Å². The lowest BCUT2D eigenvalue weighted by molar-refractivity contribution is 0.0779. The molecule has 2 fully saturated rings. The molecule has 2 heterocycles. The molecule has 0 saturated carbocycles. The molecule has 1 amide bonds.